The van der Waals surface area contributed by atoms with Crippen molar-refractivity contribution in [3.05, 3.63) is 64.2 Å². The summed E-state index contributed by atoms with van der Waals surface area (Å²) in [6, 6.07) is 13.1. The Morgan fingerprint density at radius 1 is 1.11 bits per heavy atom. The van der Waals surface area contributed by atoms with Crippen LogP contribution in [0.1, 0.15) is 17.3 Å². The Hall–Kier alpha value is -2.69. The SMILES string of the molecule is CC(=O)c1cc(Oc2ccccc2)ccc1[N+](=O)[O-]. The Balaban J connectivity index is 2.36. The van der Waals surface area contributed by atoms with E-state index in [0.717, 1.165) is 0 Å². The van der Waals surface area contributed by atoms with Crippen molar-refractivity contribution in [3.8, 4) is 11.5 Å². The average molecular weight is 257 g/mol. The van der Waals surface area contributed by atoms with Gasteiger partial charge in [-0.3, -0.25) is 14.9 Å². The van der Waals surface area contributed by atoms with Crippen LogP contribution in [0, 0.1) is 10.1 Å². The molecule has 0 fully saturated rings. The van der Waals surface area contributed by atoms with Crippen molar-refractivity contribution in [2.24, 2.45) is 0 Å². The lowest BCUT2D eigenvalue weighted by Gasteiger charge is -2.06. The first-order valence-corrected chi connectivity index (χ1v) is 5.60. The van der Waals surface area contributed by atoms with Gasteiger partial charge in [-0.05, 0) is 31.2 Å². The standard InChI is InChI=1S/C14H11NO4/c1-10(16)13-9-12(7-8-14(13)15(17)18)19-11-5-3-2-4-6-11/h2-9H,1H3. The van der Waals surface area contributed by atoms with Crippen LogP contribution in [0.25, 0.3) is 0 Å². The topological polar surface area (TPSA) is 69.4 Å². The third-order valence-corrected chi connectivity index (χ3v) is 2.52. The number of ether oxygens (including phenoxy) is 1. The van der Waals surface area contributed by atoms with Crippen molar-refractivity contribution in [2.75, 3.05) is 0 Å². The average Bonchev–Trinajstić information content (AvgIpc) is 2.39. The van der Waals surface area contributed by atoms with Gasteiger partial charge in [-0.2, -0.15) is 0 Å². The molecular formula is C14H11NO4. The fourth-order valence-electron chi connectivity index (χ4n) is 1.64. The number of nitrogens with zero attached hydrogens (tertiary/aromatic N) is 1. The first-order valence-electron chi connectivity index (χ1n) is 5.60. The zero-order chi connectivity index (χ0) is 13.8. The highest BCUT2D eigenvalue weighted by Crippen LogP contribution is 2.27. The number of hydrogen-bond donors (Lipinski definition) is 0. The van der Waals surface area contributed by atoms with Gasteiger partial charge in [0.2, 0.25) is 0 Å². The van der Waals surface area contributed by atoms with Crippen LogP contribution in [0.4, 0.5) is 5.69 Å². The van der Waals surface area contributed by atoms with Crippen molar-refractivity contribution >= 4 is 11.5 Å². The van der Waals surface area contributed by atoms with Gasteiger partial charge in [0.1, 0.15) is 11.5 Å². The van der Waals surface area contributed by atoms with Crippen LogP contribution in [-0.2, 0) is 0 Å². The molecule has 0 amide bonds. The second-order valence-electron chi connectivity index (χ2n) is 3.91. The minimum absolute atomic E-state index is 0.0402. The first kappa shape index (κ1) is 12.8. The Morgan fingerprint density at radius 3 is 2.37 bits per heavy atom. The van der Waals surface area contributed by atoms with Gasteiger partial charge in [-0.25, -0.2) is 0 Å². The minimum Gasteiger partial charge on any atom is -0.457 e. The van der Waals surface area contributed by atoms with E-state index in [1.807, 2.05) is 18.2 Å². The molecule has 0 radical (unpaired) electrons. The Kier molecular flexibility index (Phi) is 3.56. The molecular weight excluding hydrogens is 246 g/mol. The normalized spacial score (nSPS) is 9.95. The number of para-hydroxylation sites is 1. The second-order valence-corrected chi connectivity index (χ2v) is 3.91. The highest BCUT2D eigenvalue weighted by atomic mass is 16.6. The molecule has 0 heterocycles. The zero-order valence-corrected chi connectivity index (χ0v) is 10.2. The maximum atomic E-state index is 11.4. The monoisotopic (exact) mass is 257 g/mol. The van der Waals surface area contributed by atoms with E-state index < -0.39 is 4.92 Å². The Labute approximate surface area is 109 Å². The number of carbonyl (C=O) groups is 1. The summed E-state index contributed by atoms with van der Waals surface area (Å²) in [5, 5.41) is 10.8. The van der Waals surface area contributed by atoms with Gasteiger partial charge in [0.05, 0.1) is 10.5 Å². The number of ketones is 1. The Bertz CT molecular complexity index is 623. The van der Waals surface area contributed by atoms with E-state index in [1.54, 1.807) is 12.1 Å². The summed E-state index contributed by atoms with van der Waals surface area (Å²) in [7, 11) is 0. The minimum atomic E-state index is -0.580. The third-order valence-electron chi connectivity index (χ3n) is 2.52. The number of Topliss-reactive ketones (excluding diaryl/α,β-unsaturated/α-hetero) is 1. The van der Waals surface area contributed by atoms with Gasteiger partial charge >= 0.3 is 0 Å². The number of nitro groups is 1. The molecule has 19 heavy (non-hydrogen) atoms. The quantitative estimate of drug-likeness (QED) is 0.476. The van der Waals surface area contributed by atoms with Crippen molar-refractivity contribution in [1.29, 1.82) is 0 Å². The van der Waals surface area contributed by atoms with Gasteiger partial charge in [0.15, 0.2) is 5.78 Å². The van der Waals surface area contributed by atoms with Crippen LogP contribution in [-0.4, -0.2) is 10.7 Å². The molecule has 2 aromatic rings. The van der Waals surface area contributed by atoms with Crippen molar-refractivity contribution < 1.29 is 14.5 Å². The van der Waals surface area contributed by atoms with E-state index in [4.69, 9.17) is 4.74 Å². The molecule has 0 aliphatic carbocycles. The number of rotatable bonds is 4. The van der Waals surface area contributed by atoms with Gasteiger partial charge in [-0.15, -0.1) is 0 Å². The molecule has 5 heteroatoms. The van der Waals surface area contributed by atoms with Gasteiger partial charge in [0, 0.05) is 6.07 Å². The van der Waals surface area contributed by atoms with Crippen LogP contribution >= 0.6 is 0 Å². The molecule has 0 bridgehead atoms. The summed E-state index contributed by atoms with van der Waals surface area (Å²) in [6.07, 6.45) is 0. The van der Waals surface area contributed by atoms with Gasteiger partial charge < -0.3 is 4.74 Å². The predicted octanol–water partition coefficient (Wildman–Crippen LogP) is 3.59. The lowest BCUT2D eigenvalue weighted by molar-refractivity contribution is -0.385. The smallest absolute Gasteiger partial charge is 0.280 e. The lowest BCUT2D eigenvalue weighted by atomic mass is 10.1. The molecule has 2 rings (SSSR count). The highest BCUT2D eigenvalue weighted by molar-refractivity contribution is 5.98. The zero-order valence-electron chi connectivity index (χ0n) is 10.2. The van der Waals surface area contributed by atoms with Gasteiger partial charge in [0.25, 0.3) is 5.69 Å². The van der Waals surface area contributed by atoms with Crippen LogP contribution < -0.4 is 4.74 Å². The molecule has 0 atom stereocenters. The van der Waals surface area contributed by atoms with E-state index >= 15 is 0 Å². The van der Waals surface area contributed by atoms with Gasteiger partial charge in [-0.1, -0.05) is 18.2 Å². The molecule has 0 aliphatic rings. The maximum absolute atomic E-state index is 11.4. The molecule has 2 aromatic carbocycles. The Morgan fingerprint density at radius 2 is 1.79 bits per heavy atom. The lowest BCUT2D eigenvalue weighted by Crippen LogP contribution is -2.00. The van der Waals surface area contributed by atoms with Crippen molar-refractivity contribution in [1.82, 2.24) is 0 Å². The molecule has 0 aliphatic heterocycles. The maximum Gasteiger partial charge on any atom is 0.280 e. The molecule has 0 spiro atoms. The first-order chi connectivity index (χ1) is 9.08. The van der Waals surface area contributed by atoms with E-state index in [-0.39, 0.29) is 17.0 Å². The van der Waals surface area contributed by atoms with Crippen LogP contribution in [0.3, 0.4) is 0 Å². The predicted molar refractivity (Wildman–Crippen MR) is 69.6 cm³/mol. The van der Waals surface area contributed by atoms with E-state index in [0.29, 0.717) is 11.5 Å². The van der Waals surface area contributed by atoms with Crippen LogP contribution in [0.15, 0.2) is 48.5 Å². The third kappa shape index (κ3) is 2.95. The van der Waals surface area contributed by atoms with Crippen LogP contribution in [0.5, 0.6) is 11.5 Å². The van der Waals surface area contributed by atoms with E-state index in [9.17, 15) is 14.9 Å². The largest absolute Gasteiger partial charge is 0.457 e. The second kappa shape index (κ2) is 5.30. The van der Waals surface area contributed by atoms with Crippen LogP contribution in [0.2, 0.25) is 0 Å². The molecule has 5 nitrogen and oxygen atoms in total. The molecule has 0 N–H and O–H groups in total. The molecule has 96 valence electrons. The summed E-state index contributed by atoms with van der Waals surface area (Å²) < 4.78 is 5.53. The summed E-state index contributed by atoms with van der Waals surface area (Å²) >= 11 is 0. The summed E-state index contributed by atoms with van der Waals surface area (Å²) in [6.45, 7) is 1.29. The van der Waals surface area contributed by atoms with E-state index in [1.165, 1.54) is 25.1 Å². The molecule has 0 unspecified atom stereocenters. The van der Waals surface area contributed by atoms with E-state index in [2.05, 4.69) is 0 Å². The summed E-state index contributed by atoms with van der Waals surface area (Å²) in [5.74, 6) is 0.623. The number of benzene rings is 2. The molecule has 0 aromatic heterocycles. The fraction of sp³-hybridized carbons (Fsp3) is 0.0714. The molecule has 0 saturated heterocycles. The number of carbonyl (C=O) groups excluding carboxylic acids is 1. The van der Waals surface area contributed by atoms with Crippen molar-refractivity contribution in [2.45, 2.75) is 6.92 Å². The summed E-state index contributed by atoms with van der Waals surface area (Å²) in [4.78, 5) is 21.6. The fourth-order valence-corrected chi connectivity index (χ4v) is 1.64. The summed E-state index contributed by atoms with van der Waals surface area (Å²) in [5.41, 5.74) is -0.175. The van der Waals surface area contributed by atoms with Crippen molar-refractivity contribution in [3.63, 3.8) is 0 Å². The number of nitro benzene ring substituents is 1. The molecule has 0 saturated carbocycles. The number of hydrogen-bond acceptors (Lipinski definition) is 4. The highest BCUT2D eigenvalue weighted by Gasteiger charge is 2.18.